The van der Waals surface area contributed by atoms with E-state index in [-0.39, 0.29) is 56.8 Å². The molecule has 348 valence electrons. The molecule has 5 aliphatic rings. The van der Waals surface area contributed by atoms with Gasteiger partial charge in [-0.3, -0.25) is 9.59 Å². The predicted molar refractivity (Wildman–Crippen MR) is 245 cm³/mol. The van der Waals surface area contributed by atoms with Crippen molar-refractivity contribution in [2.24, 2.45) is 28.8 Å². The minimum Gasteiger partial charge on any atom is -0.496 e. The van der Waals surface area contributed by atoms with Crippen molar-refractivity contribution in [2.45, 2.75) is 108 Å². The summed E-state index contributed by atoms with van der Waals surface area (Å²) in [6.07, 6.45) is 15.5. The Bertz CT molecular complexity index is 2220. The summed E-state index contributed by atoms with van der Waals surface area (Å²) in [6, 6.07) is 16.1. The van der Waals surface area contributed by atoms with Crippen molar-refractivity contribution in [3.63, 3.8) is 0 Å². The quantitative estimate of drug-likeness (QED) is 0.0429. The number of aliphatic hydroxyl groups is 2. The van der Waals surface area contributed by atoms with Crippen molar-refractivity contribution >= 4 is 17.9 Å². The van der Waals surface area contributed by atoms with E-state index in [1.54, 1.807) is 31.4 Å². The summed E-state index contributed by atoms with van der Waals surface area (Å²) in [5.41, 5.74) is 3.86. The van der Waals surface area contributed by atoms with Crippen LogP contribution in [0.4, 0.5) is 0 Å². The molecule has 1 amide bonds. The zero-order valence-corrected chi connectivity index (χ0v) is 37.8. The average Bonchev–Trinajstić information content (AvgIpc) is 4.04. The number of amides is 1. The highest BCUT2D eigenvalue weighted by Crippen LogP contribution is 2.62. The number of methoxy groups -OCH3 is 1. The van der Waals surface area contributed by atoms with Crippen LogP contribution in [0.15, 0.2) is 84.1 Å². The van der Waals surface area contributed by atoms with Crippen LogP contribution in [0.5, 0.6) is 34.5 Å². The van der Waals surface area contributed by atoms with Gasteiger partial charge in [0.05, 0.1) is 30.9 Å². The lowest BCUT2D eigenvalue weighted by molar-refractivity contribution is -0.258. The third-order valence-corrected chi connectivity index (χ3v) is 14.1. The van der Waals surface area contributed by atoms with Gasteiger partial charge in [0.1, 0.15) is 36.1 Å². The largest absolute Gasteiger partial charge is 0.496 e. The van der Waals surface area contributed by atoms with Crippen LogP contribution >= 0.6 is 0 Å². The fourth-order valence-corrected chi connectivity index (χ4v) is 11.2. The zero-order valence-electron chi connectivity index (χ0n) is 37.8. The number of carbonyl (C=O) groups excluding carboxylic acids is 2. The summed E-state index contributed by atoms with van der Waals surface area (Å²) in [5.74, 6) is 1.88. The third-order valence-electron chi connectivity index (χ3n) is 14.1. The van der Waals surface area contributed by atoms with Crippen molar-refractivity contribution in [1.29, 1.82) is 0 Å². The van der Waals surface area contributed by atoms with Gasteiger partial charge in [-0.05, 0) is 110 Å². The molecule has 0 bridgehead atoms. The first kappa shape index (κ1) is 46.2. The first-order valence-electron chi connectivity index (χ1n) is 23.4. The van der Waals surface area contributed by atoms with E-state index in [1.165, 1.54) is 20.0 Å². The lowest BCUT2D eigenvalue weighted by Gasteiger charge is -2.60. The van der Waals surface area contributed by atoms with Crippen LogP contribution in [0, 0.1) is 23.7 Å². The van der Waals surface area contributed by atoms with Crippen LogP contribution in [0.2, 0.25) is 0 Å². The molecule has 2 fully saturated rings. The smallest absolute Gasteiger partial charge is 0.239 e. The van der Waals surface area contributed by atoms with E-state index in [4.69, 9.17) is 38.4 Å². The fraction of sp³-hybridized carbons (Fsp3) is 0.519. The van der Waals surface area contributed by atoms with E-state index in [0.29, 0.717) is 71.7 Å². The van der Waals surface area contributed by atoms with Gasteiger partial charge >= 0.3 is 0 Å². The van der Waals surface area contributed by atoms with Crippen LogP contribution in [0.25, 0.3) is 0 Å². The van der Waals surface area contributed by atoms with Crippen LogP contribution in [0.1, 0.15) is 111 Å². The summed E-state index contributed by atoms with van der Waals surface area (Å²) in [4.78, 5) is 34.8. The fourth-order valence-electron chi connectivity index (χ4n) is 11.2. The Labute approximate surface area is 382 Å². The molecule has 2 aliphatic heterocycles. The summed E-state index contributed by atoms with van der Waals surface area (Å²) >= 11 is 0. The van der Waals surface area contributed by atoms with E-state index in [0.717, 1.165) is 73.6 Å². The number of aldehydes is 1. The summed E-state index contributed by atoms with van der Waals surface area (Å²) in [5, 5.41) is 24.7. The molecule has 3 aromatic rings. The van der Waals surface area contributed by atoms with Crippen molar-refractivity contribution in [2.75, 3.05) is 40.8 Å². The van der Waals surface area contributed by atoms with E-state index in [9.17, 15) is 15.0 Å². The summed E-state index contributed by atoms with van der Waals surface area (Å²) < 4.78 is 38.0. The molecular formula is C52H64N2O11. The van der Waals surface area contributed by atoms with Gasteiger partial charge in [-0.25, -0.2) is 0 Å². The molecule has 0 spiro atoms. The van der Waals surface area contributed by atoms with Gasteiger partial charge in [0.25, 0.3) is 0 Å². The Hall–Kier alpha value is -5.37. The topological polar surface area (TPSA) is 155 Å². The second kappa shape index (κ2) is 21.3. The summed E-state index contributed by atoms with van der Waals surface area (Å²) in [7, 11) is 3.08. The number of unbranched alkanes of at least 4 members (excludes halogenated alkanes) is 2. The minimum atomic E-state index is -1.41. The molecule has 8 rings (SSSR count). The molecule has 2 saturated carbocycles. The van der Waals surface area contributed by atoms with E-state index in [1.807, 2.05) is 41.3 Å². The number of ether oxygens (including phenoxy) is 6. The lowest BCUT2D eigenvalue weighted by Crippen LogP contribution is -2.70. The Morgan fingerprint density at radius 2 is 1.68 bits per heavy atom. The monoisotopic (exact) mass is 892 g/mol. The maximum absolute atomic E-state index is 15.2. The molecule has 2 heterocycles. The standard InChI is InChI=1S/C52H64N2O11/c1-4-25-63-52-48(54(49(58)22-16-34-11-5-6-12-34)31-35-15-19-46-47(26-35)62-33-61-46)30-43(53-60-3)41-28-36(13-7-9-23-55)40(14-8-10-24-56)50(51(41)52)42-29-39(18-21-45(42)65-52)64-38-17-20-44(59-2)37(27-38)32-57/h4,15,17-21,26-29,32,34,36,40,48,50-51,55-56H,1,5-14,16,22-25,30-31,33H2,2-3H3/t36-,40+,48-,50+,51+,52+/m0/s1. The maximum atomic E-state index is 15.2. The summed E-state index contributed by atoms with van der Waals surface area (Å²) in [6.45, 7) is 4.81. The minimum absolute atomic E-state index is 0.00593. The molecule has 65 heavy (non-hydrogen) atoms. The normalized spacial score (nSPS) is 24.6. The molecule has 2 N–H and O–H groups in total. The number of allylic oxidation sites excluding steroid dienone is 1. The van der Waals surface area contributed by atoms with Gasteiger partial charge in [-0.1, -0.05) is 61.9 Å². The number of rotatable bonds is 22. The van der Waals surface area contributed by atoms with Crippen molar-refractivity contribution in [3.8, 4) is 34.5 Å². The highest BCUT2D eigenvalue weighted by Gasteiger charge is 2.65. The first-order valence-corrected chi connectivity index (χ1v) is 23.4. The van der Waals surface area contributed by atoms with Crippen molar-refractivity contribution < 1.29 is 53.1 Å². The van der Waals surface area contributed by atoms with Gasteiger partial charge in [0.15, 0.2) is 17.8 Å². The average molecular weight is 893 g/mol. The highest BCUT2D eigenvalue weighted by molar-refractivity contribution is 6.03. The van der Waals surface area contributed by atoms with Gasteiger partial charge in [-0.2, -0.15) is 0 Å². The number of aliphatic hydroxyl groups excluding tert-OH is 2. The molecule has 0 aromatic heterocycles. The molecule has 3 aromatic carbocycles. The van der Waals surface area contributed by atoms with Gasteiger partial charge in [0.2, 0.25) is 18.5 Å². The van der Waals surface area contributed by atoms with E-state index < -0.39 is 17.7 Å². The van der Waals surface area contributed by atoms with Gasteiger partial charge in [-0.15, -0.1) is 6.58 Å². The molecule has 13 heteroatoms. The molecule has 0 unspecified atom stereocenters. The molecule has 0 saturated heterocycles. The maximum Gasteiger partial charge on any atom is 0.239 e. The lowest BCUT2D eigenvalue weighted by atomic mass is 9.55. The van der Waals surface area contributed by atoms with Crippen molar-refractivity contribution in [3.05, 3.63) is 95.6 Å². The molecule has 6 atom stereocenters. The SMILES string of the molecule is C=CCO[C@@]12Oc3ccc(Oc4ccc(OC)c(C=O)c4)cc3[C@H]3[C@H](CCCCO)[C@@H](CCCCO)C=C(C(=NOC)C[C@@H]1N(Cc1ccc4c(c1)OCO4)C(=O)CCC1CCCC1)[C@H]32. The Morgan fingerprint density at radius 1 is 0.923 bits per heavy atom. The molecule has 0 radical (unpaired) electrons. The van der Waals surface area contributed by atoms with Crippen LogP contribution in [-0.2, 0) is 20.9 Å². The van der Waals surface area contributed by atoms with Crippen LogP contribution in [0.3, 0.4) is 0 Å². The first-order chi connectivity index (χ1) is 31.8. The number of hydrogen-bond acceptors (Lipinski definition) is 12. The number of oxime groups is 1. The number of fused-ring (bicyclic) bond motifs is 3. The van der Waals surface area contributed by atoms with Gasteiger partial charge in [0, 0.05) is 44.1 Å². The number of carbonyl (C=O) groups is 2. The number of benzene rings is 3. The number of hydrogen-bond donors (Lipinski definition) is 2. The van der Waals surface area contributed by atoms with Crippen LogP contribution in [-0.4, -0.2) is 85.7 Å². The Balaban J connectivity index is 1.30. The molecule has 13 nitrogen and oxygen atoms in total. The second-order valence-corrected chi connectivity index (χ2v) is 18.0. The Morgan fingerprint density at radius 3 is 2.43 bits per heavy atom. The molecule has 3 aliphatic carbocycles. The van der Waals surface area contributed by atoms with Crippen LogP contribution < -0.4 is 23.7 Å². The second-order valence-electron chi connectivity index (χ2n) is 18.0. The van der Waals surface area contributed by atoms with Crippen molar-refractivity contribution in [1.82, 2.24) is 4.90 Å². The van der Waals surface area contributed by atoms with E-state index >= 15 is 4.79 Å². The Kier molecular flexibility index (Phi) is 15.1. The molecular weight excluding hydrogens is 829 g/mol. The van der Waals surface area contributed by atoms with Gasteiger partial charge < -0.3 is 48.4 Å². The predicted octanol–water partition coefficient (Wildman–Crippen LogP) is 9.29. The highest BCUT2D eigenvalue weighted by atomic mass is 16.7. The third kappa shape index (κ3) is 9.78. The van der Waals surface area contributed by atoms with E-state index in [2.05, 4.69) is 12.7 Å². The zero-order chi connectivity index (χ0) is 45.3. The number of nitrogens with zero attached hydrogens (tertiary/aromatic N) is 2.